The fourth-order valence-electron chi connectivity index (χ4n) is 2.95. The van der Waals surface area contributed by atoms with Gasteiger partial charge in [0.1, 0.15) is 0 Å². The van der Waals surface area contributed by atoms with Gasteiger partial charge in [-0.1, -0.05) is 0 Å². The summed E-state index contributed by atoms with van der Waals surface area (Å²) in [4.78, 5) is 19.3. The number of carbonyl (C=O) groups is 1. The first-order valence-corrected chi connectivity index (χ1v) is 7.85. The minimum absolute atomic E-state index is 0. The zero-order chi connectivity index (χ0) is 15.9. The van der Waals surface area contributed by atoms with E-state index in [-0.39, 0.29) is 36.8 Å². The van der Waals surface area contributed by atoms with Crippen LogP contribution in [0.2, 0.25) is 0 Å². The molecule has 0 aliphatic carbocycles. The Kier molecular flexibility index (Phi) is 7.01. The Morgan fingerprint density at radius 2 is 2.08 bits per heavy atom. The third-order valence-electron chi connectivity index (χ3n) is 4.14. The van der Waals surface area contributed by atoms with Gasteiger partial charge in [-0.3, -0.25) is 4.79 Å². The summed E-state index contributed by atoms with van der Waals surface area (Å²) in [5.74, 6) is 0.0672. The quantitative estimate of drug-likeness (QED) is 0.878. The second-order valence-corrected chi connectivity index (χ2v) is 6.32. The number of fused-ring (bicyclic) bond motifs is 1. The van der Waals surface area contributed by atoms with Crippen LogP contribution in [0.3, 0.4) is 0 Å². The maximum atomic E-state index is 12.8. The van der Waals surface area contributed by atoms with Crippen molar-refractivity contribution in [2.75, 3.05) is 19.6 Å². The van der Waals surface area contributed by atoms with E-state index in [9.17, 15) is 4.79 Å². The molecule has 1 unspecified atom stereocenters. The minimum Gasteiger partial charge on any atom is -0.336 e. The van der Waals surface area contributed by atoms with E-state index >= 15 is 0 Å². The largest absolute Gasteiger partial charge is 0.336 e. The summed E-state index contributed by atoms with van der Waals surface area (Å²) in [6.07, 6.45) is 1.79. The summed E-state index contributed by atoms with van der Waals surface area (Å²) in [6, 6.07) is 2.51. The van der Waals surface area contributed by atoms with Crippen LogP contribution in [0.1, 0.15) is 42.9 Å². The van der Waals surface area contributed by atoms with Crippen molar-refractivity contribution in [1.29, 1.82) is 0 Å². The van der Waals surface area contributed by atoms with Crippen LogP contribution in [0.5, 0.6) is 0 Å². The third kappa shape index (κ3) is 3.82. The monoisotopic (exact) mass is 373 g/mol. The molecule has 1 saturated heterocycles. The summed E-state index contributed by atoms with van der Waals surface area (Å²) < 4.78 is 1.89. The Hall–Kier alpha value is -1.37. The van der Waals surface area contributed by atoms with Crippen LogP contribution in [0, 0.1) is 6.92 Å². The van der Waals surface area contributed by atoms with Crippen LogP contribution in [0.4, 0.5) is 0 Å². The summed E-state index contributed by atoms with van der Waals surface area (Å²) in [6.45, 7) is 10.5. The van der Waals surface area contributed by atoms with Gasteiger partial charge in [0.25, 0.3) is 5.91 Å². The fraction of sp³-hybridized carbons (Fsp3) is 0.562. The van der Waals surface area contributed by atoms with E-state index in [2.05, 4.69) is 36.2 Å². The number of aromatic nitrogens is 3. The summed E-state index contributed by atoms with van der Waals surface area (Å²) in [5, 5.41) is 8.66. The van der Waals surface area contributed by atoms with Crippen molar-refractivity contribution in [1.82, 2.24) is 25.0 Å². The summed E-state index contributed by atoms with van der Waals surface area (Å²) in [7, 11) is 0. The zero-order valence-corrected chi connectivity index (χ0v) is 16.1. The number of nitrogens with one attached hydrogen (secondary N) is 1. The average Bonchev–Trinajstić information content (AvgIpc) is 2.88. The smallest absolute Gasteiger partial charge is 0.255 e. The molecule has 0 bridgehead atoms. The molecule has 3 rings (SSSR count). The number of aryl methyl sites for hydroxylation is 1. The Morgan fingerprint density at radius 3 is 2.71 bits per heavy atom. The third-order valence-corrected chi connectivity index (χ3v) is 4.14. The van der Waals surface area contributed by atoms with E-state index in [1.54, 1.807) is 6.20 Å². The second kappa shape index (κ2) is 8.14. The van der Waals surface area contributed by atoms with Crippen molar-refractivity contribution in [2.24, 2.45) is 0 Å². The average molecular weight is 374 g/mol. The Bertz CT molecular complexity index is 716. The fourth-order valence-corrected chi connectivity index (χ4v) is 2.95. The Morgan fingerprint density at radius 1 is 1.38 bits per heavy atom. The van der Waals surface area contributed by atoms with Gasteiger partial charge >= 0.3 is 0 Å². The first kappa shape index (κ1) is 20.7. The van der Waals surface area contributed by atoms with E-state index in [0.29, 0.717) is 11.6 Å². The maximum absolute atomic E-state index is 12.8. The molecule has 1 amide bonds. The van der Waals surface area contributed by atoms with Gasteiger partial charge in [0, 0.05) is 37.1 Å². The van der Waals surface area contributed by atoms with Crippen molar-refractivity contribution in [2.45, 2.75) is 39.8 Å². The minimum atomic E-state index is 0. The van der Waals surface area contributed by atoms with Crippen molar-refractivity contribution in [3.8, 4) is 0 Å². The molecule has 1 aliphatic rings. The molecule has 2 aromatic rings. The number of hydrogen-bond donors (Lipinski definition) is 1. The highest BCUT2D eigenvalue weighted by Gasteiger charge is 2.24. The van der Waals surface area contributed by atoms with E-state index in [1.165, 1.54) is 0 Å². The second-order valence-electron chi connectivity index (χ2n) is 6.32. The zero-order valence-electron chi connectivity index (χ0n) is 14.4. The number of piperazine rings is 1. The molecular formula is C16H25Cl2N5O. The number of rotatable bonds is 2. The van der Waals surface area contributed by atoms with E-state index in [4.69, 9.17) is 0 Å². The van der Waals surface area contributed by atoms with Crippen LogP contribution >= 0.6 is 24.8 Å². The highest BCUT2D eigenvalue weighted by atomic mass is 35.5. The number of pyridine rings is 1. The van der Waals surface area contributed by atoms with Crippen LogP contribution in [0.25, 0.3) is 11.0 Å². The van der Waals surface area contributed by atoms with Gasteiger partial charge < -0.3 is 10.2 Å². The molecule has 6 nitrogen and oxygen atoms in total. The molecule has 1 N–H and O–H groups in total. The van der Waals surface area contributed by atoms with Crippen LogP contribution < -0.4 is 5.32 Å². The molecule has 0 radical (unpaired) electrons. The summed E-state index contributed by atoms with van der Waals surface area (Å²) in [5.41, 5.74) is 2.30. The highest BCUT2D eigenvalue weighted by Crippen LogP contribution is 2.20. The number of carbonyl (C=O) groups excluding carboxylic acids is 1. The molecule has 3 heterocycles. The lowest BCUT2D eigenvalue weighted by Crippen LogP contribution is -2.51. The molecular weight excluding hydrogens is 349 g/mol. The van der Waals surface area contributed by atoms with Gasteiger partial charge in [-0.25, -0.2) is 9.67 Å². The topological polar surface area (TPSA) is 63.1 Å². The van der Waals surface area contributed by atoms with Gasteiger partial charge in [-0.2, -0.15) is 5.10 Å². The van der Waals surface area contributed by atoms with Gasteiger partial charge in [0.05, 0.1) is 17.5 Å². The molecule has 1 atom stereocenters. The predicted molar refractivity (Wildman–Crippen MR) is 101 cm³/mol. The molecule has 1 fully saturated rings. The molecule has 24 heavy (non-hydrogen) atoms. The first-order valence-electron chi connectivity index (χ1n) is 7.85. The van der Waals surface area contributed by atoms with Gasteiger partial charge in [0.15, 0.2) is 5.65 Å². The van der Waals surface area contributed by atoms with E-state index < -0.39 is 0 Å². The SMILES string of the molecule is Cc1nc2c(cnn2C(C)C)cc1C(=O)N1CCNC(C)C1.Cl.Cl. The molecule has 0 aromatic carbocycles. The normalized spacial score (nSPS) is 17.5. The van der Waals surface area contributed by atoms with Crippen LogP contribution in [-0.4, -0.2) is 51.2 Å². The van der Waals surface area contributed by atoms with Gasteiger partial charge in [-0.05, 0) is 33.8 Å². The van der Waals surface area contributed by atoms with Crippen molar-refractivity contribution < 1.29 is 4.79 Å². The number of amides is 1. The molecule has 0 saturated carbocycles. The molecule has 8 heteroatoms. The predicted octanol–water partition coefficient (Wildman–Crippen LogP) is 2.60. The van der Waals surface area contributed by atoms with Gasteiger partial charge in [-0.15, -0.1) is 24.8 Å². The van der Waals surface area contributed by atoms with E-state index in [1.807, 2.05) is 22.6 Å². The lowest BCUT2D eigenvalue weighted by molar-refractivity contribution is 0.0708. The molecule has 134 valence electrons. The van der Waals surface area contributed by atoms with Crippen molar-refractivity contribution >= 4 is 41.8 Å². The summed E-state index contributed by atoms with van der Waals surface area (Å²) >= 11 is 0. The molecule has 0 spiro atoms. The number of nitrogens with zero attached hydrogens (tertiary/aromatic N) is 4. The number of hydrogen-bond acceptors (Lipinski definition) is 4. The highest BCUT2D eigenvalue weighted by molar-refractivity contribution is 5.98. The Labute approximate surface area is 154 Å². The number of halogens is 2. The first-order chi connectivity index (χ1) is 10.5. The van der Waals surface area contributed by atoms with Crippen molar-refractivity contribution in [3.05, 3.63) is 23.5 Å². The Balaban J connectivity index is 0.00000144. The van der Waals surface area contributed by atoms with Gasteiger partial charge in [0.2, 0.25) is 0 Å². The lowest BCUT2D eigenvalue weighted by atomic mass is 10.1. The van der Waals surface area contributed by atoms with Crippen molar-refractivity contribution in [3.63, 3.8) is 0 Å². The van der Waals surface area contributed by atoms with E-state index in [0.717, 1.165) is 36.4 Å². The molecule has 2 aromatic heterocycles. The standard InChI is InChI=1S/C16H23N5O.2ClH/c1-10(2)21-15-13(8-18-21)7-14(12(4)19-15)16(22)20-6-5-17-11(3)9-20;;/h7-8,10-11,17H,5-6,9H2,1-4H3;2*1H. The maximum Gasteiger partial charge on any atom is 0.255 e. The molecule has 1 aliphatic heterocycles. The van der Waals surface area contributed by atoms with Crippen LogP contribution in [0.15, 0.2) is 12.3 Å². The van der Waals surface area contributed by atoms with Crippen LogP contribution in [-0.2, 0) is 0 Å². The lowest BCUT2D eigenvalue weighted by Gasteiger charge is -2.32.